The molecule has 2 aliphatic heterocycles. The maximum absolute atomic E-state index is 2.59. The number of nitrogens with zero attached hydrogens (tertiary/aromatic N) is 2. The van der Waals surface area contributed by atoms with Gasteiger partial charge in [0.05, 0.1) is 0 Å². The van der Waals surface area contributed by atoms with Gasteiger partial charge in [0.2, 0.25) is 0 Å². The first-order chi connectivity index (χ1) is 9.58. The molecular formula is C18H38N2. The van der Waals surface area contributed by atoms with Crippen molar-refractivity contribution in [1.82, 2.24) is 9.80 Å². The molecule has 2 heterocycles. The van der Waals surface area contributed by atoms with Crippen LogP contribution in [0.15, 0.2) is 0 Å². The SMILES string of the molecule is CC(C)CN1CCCCC1.CC(C)CN1CCCCC1. The van der Waals surface area contributed by atoms with Crippen LogP contribution >= 0.6 is 0 Å². The van der Waals surface area contributed by atoms with Crippen molar-refractivity contribution in [3.8, 4) is 0 Å². The Balaban J connectivity index is 0.000000200. The lowest BCUT2D eigenvalue weighted by atomic mass is 10.1. The van der Waals surface area contributed by atoms with E-state index in [1.54, 1.807) is 0 Å². The number of piperidine rings is 2. The highest BCUT2D eigenvalue weighted by Crippen LogP contribution is 2.10. The Hall–Kier alpha value is -0.0800. The van der Waals surface area contributed by atoms with Crippen LogP contribution in [0, 0.1) is 11.8 Å². The second-order valence-electron chi connectivity index (χ2n) is 7.51. The van der Waals surface area contributed by atoms with Gasteiger partial charge in [0.25, 0.3) is 0 Å². The molecule has 120 valence electrons. The summed E-state index contributed by atoms with van der Waals surface area (Å²) in [5.41, 5.74) is 0. The Bertz CT molecular complexity index is 189. The number of hydrogen-bond donors (Lipinski definition) is 0. The Morgan fingerprint density at radius 1 is 0.550 bits per heavy atom. The summed E-state index contributed by atoms with van der Waals surface area (Å²) in [6.07, 6.45) is 8.60. The fourth-order valence-corrected chi connectivity index (χ4v) is 3.32. The average Bonchev–Trinajstić information content (AvgIpc) is 2.40. The van der Waals surface area contributed by atoms with E-state index in [2.05, 4.69) is 37.5 Å². The lowest BCUT2D eigenvalue weighted by Crippen LogP contribution is -2.32. The van der Waals surface area contributed by atoms with Gasteiger partial charge in [-0.25, -0.2) is 0 Å². The van der Waals surface area contributed by atoms with Gasteiger partial charge in [-0.15, -0.1) is 0 Å². The fourth-order valence-electron chi connectivity index (χ4n) is 3.32. The van der Waals surface area contributed by atoms with Gasteiger partial charge in [0.15, 0.2) is 0 Å². The van der Waals surface area contributed by atoms with Gasteiger partial charge in [0.1, 0.15) is 0 Å². The molecule has 0 N–H and O–H groups in total. The molecule has 0 aromatic carbocycles. The fraction of sp³-hybridized carbons (Fsp3) is 1.00. The van der Waals surface area contributed by atoms with Crippen LogP contribution < -0.4 is 0 Å². The number of hydrogen-bond acceptors (Lipinski definition) is 2. The van der Waals surface area contributed by atoms with Crippen LogP contribution in [0.25, 0.3) is 0 Å². The third-order valence-corrected chi connectivity index (χ3v) is 4.14. The molecule has 2 nitrogen and oxygen atoms in total. The Morgan fingerprint density at radius 3 is 1.10 bits per heavy atom. The van der Waals surface area contributed by atoms with Crippen LogP contribution in [0.5, 0.6) is 0 Å². The monoisotopic (exact) mass is 282 g/mol. The zero-order chi connectivity index (χ0) is 14.8. The molecule has 2 rings (SSSR count). The highest BCUT2D eigenvalue weighted by Gasteiger charge is 2.10. The van der Waals surface area contributed by atoms with E-state index < -0.39 is 0 Å². The smallest absolute Gasteiger partial charge is 0.000438 e. The molecule has 0 spiro atoms. The largest absolute Gasteiger partial charge is 0.303 e. The highest BCUT2D eigenvalue weighted by atomic mass is 15.1. The summed E-state index contributed by atoms with van der Waals surface area (Å²) >= 11 is 0. The van der Waals surface area contributed by atoms with Gasteiger partial charge in [-0.05, 0) is 63.7 Å². The molecule has 0 amide bonds. The summed E-state index contributed by atoms with van der Waals surface area (Å²) in [6.45, 7) is 17.2. The maximum atomic E-state index is 2.59. The lowest BCUT2D eigenvalue weighted by Gasteiger charge is -2.27. The van der Waals surface area contributed by atoms with Gasteiger partial charge in [-0.1, -0.05) is 40.5 Å². The molecule has 0 aromatic rings. The van der Waals surface area contributed by atoms with Crippen LogP contribution in [-0.4, -0.2) is 49.1 Å². The van der Waals surface area contributed by atoms with Gasteiger partial charge < -0.3 is 9.80 Å². The third-order valence-electron chi connectivity index (χ3n) is 4.14. The lowest BCUT2D eigenvalue weighted by molar-refractivity contribution is 0.206. The Kier molecular flexibility index (Phi) is 9.54. The Labute approximate surface area is 127 Å². The van der Waals surface area contributed by atoms with Crippen LogP contribution in [0.1, 0.15) is 66.2 Å². The molecular weight excluding hydrogens is 244 g/mol. The zero-order valence-corrected chi connectivity index (χ0v) is 14.5. The summed E-state index contributed by atoms with van der Waals surface area (Å²) in [5, 5.41) is 0. The summed E-state index contributed by atoms with van der Waals surface area (Å²) in [5.74, 6) is 1.69. The topological polar surface area (TPSA) is 6.48 Å². The van der Waals surface area contributed by atoms with Crippen LogP contribution in [-0.2, 0) is 0 Å². The predicted octanol–water partition coefficient (Wildman–Crippen LogP) is 4.26. The molecule has 0 unspecified atom stereocenters. The van der Waals surface area contributed by atoms with Crippen LogP contribution in [0.3, 0.4) is 0 Å². The quantitative estimate of drug-likeness (QED) is 0.760. The number of rotatable bonds is 4. The molecule has 2 aliphatic rings. The van der Waals surface area contributed by atoms with E-state index >= 15 is 0 Å². The first-order valence-corrected chi connectivity index (χ1v) is 9.02. The summed E-state index contributed by atoms with van der Waals surface area (Å²) in [6, 6.07) is 0. The molecule has 2 heteroatoms. The van der Waals surface area contributed by atoms with Gasteiger partial charge in [-0.3, -0.25) is 0 Å². The van der Waals surface area contributed by atoms with Crippen LogP contribution in [0.4, 0.5) is 0 Å². The second-order valence-corrected chi connectivity index (χ2v) is 7.51. The predicted molar refractivity (Wildman–Crippen MR) is 90.3 cm³/mol. The number of likely N-dealkylation sites (tertiary alicyclic amines) is 2. The van der Waals surface area contributed by atoms with E-state index in [1.807, 2.05) is 0 Å². The van der Waals surface area contributed by atoms with E-state index in [0.717, 1.165) is 11.8 Å². The summed E-state index contributed by atoms with van der Waals surface area (Å²) < 4.78 is 0. The van der Waals surface area contributed by atoms with Crippen LogP contribution in [0.2, 0.25) is 0 Å². The molecule has 2 saturated heterocycles. The minimum absolute atomic E-state index is 0.845. The minimum atomic E-state index is 0.845. The molecule has 20 heavy (non-hydrogen) atoms. The summed E-state index contributed by atoms with van der Waals surface area (Å²) in [7, 11) is 0. The van der Waals surface area contributed by atoms with Crippen molar-refractivity contribution in [2.45, 2.75) is 66.2 Å². The molecule has 0 aliphatic carbocycles. The first kappa shape index (κ1) is 18.0. The third kappa shape index (κ3) is 8.97. The summed E-state index contributed by atoms with van der Waals surface area (Å²) in [4.78, 5) is 5.18. The minimum Gasteiger partial charge on any atom is -0.303 e. The van der Waals surface area contributed by atoms with Crippen molar-refractivity contribution in [3.63, 3.8) is 0 Å². The first-order valence-electron chi connectivity index (χ1n) is 9.02. The van der Waals surface area contributed by atoms with Gasteiger partial charge in [0, 0.05) is 13.1 Å². The molecule has 0 radical (unpaired) electrons. The molecule has 0 saturated carbocycles. The standard InChI is InChI=1S/2C9H19N/c2*1-9(2)8-10-6-4-3-5-7-10/h2*9H,3-8H2,1-2H3. The van der Waals surface area contributed by atoms with E-state index in [9.17, 15) is 0 Å². The highest BCUT2D eigenvalue weighted by molar-refractivity contribution is 4.66. The molecule has 0 atom stereocenters. The van der Waals surface area contributed by atoms with Gasteiger partial charge in [-0.2, -0.15) is 0 Å². The van der Waals surface area contributed by atoms with E-state index in [4.69, 9.17) is 0 Å². The van der Waals surface area contributed by atoms with Crippen molar-refractivity contribution >= 4 is 0 Å². The van der Waals surface area contributed by atoms with Crippen molar-refractivity contribution < 1.29 is 0 Å². The van der Waals surface area contributed by atoms with Gasteiger partial charge >= 0.3 is 0 Å². The van der Waals surface area contributed by atoms with Crippen molar-refractivity contribution in [2.24, 2.45) is 11.8 Å². The Morgan fingerprint density at radius 2 is 0.850 bits per heavy atom. The van der Waals surface area contributed by atoms with E-state index in [-0.39, 0.29) is 0 Å². The molecule has 0 bridgehead atoms. The molecule has 0 aromatic heterocycles. The van der Waals surface area contributed by atoms with E-state index in [0.29, 0.717) is 0 Å². The van der Waals surface area contributed by atoms with Crippen molar-refractivity contribution in [2.75, 3.05) is 39.3 Å². The molecule has 2 fully saturated rings. The van der Waals surface area contributed by atoms with E-state index in [1.165, 1.54) is 77.8 Å². The average molecular weight is 283 g/mol. The second kappa shape index (κ2) is 10.6. The zero-order valence-electron chi connectivity index (χ0n) is 14.5. The van der Waals surface area contributed by atoms with Crippen molar-refractivity contribution in [3.05, 3.63) is 0 Å². The normalized spacial score (nSPS) is 21.9. The van der Waals surface area contributed by atoms with Crippen molar-refractivity contribution in [1.29, 1.82) is 0 Å². The maximum Gasteiger partial charge on any atom is 0.000438 e.